The van der Waals surface area contributed by atoms with Crippen LogP contribution in [0.25, 0.3) is 10.9 Å². The van der Waals surface area contributed by atoms with Crippen LogP contribution in [0.3, 0.4) is 0 Å². The third kappa shape index (κ3) is 2.81. The van der Waals surface area contributed by atoms with Gasteiger partial charge < -0.3 is 25.0 Å². The SMILES string of the molecule is COc1c(N2CCC(N)(CF)C2)c(F)cc2c(=O)c(C(=O)O)cn(C3CC3)c12. The second kappa shape index (κ2) is 6.44. The molecule has 1 aliphatic heterocycles. The van der Waals surface area contributed by atoms with Gasteiger partial charge in [0, 0.05) is 25.3 Å². The quantitative estimate of drug-likeness (QED) is 0.807. The first-order valence-corrected chi connectivity index (χ1v) is 9.08. The first-order valence-electron chi connectivity index (χ1n) is 9.08. The van der Waals surface area contributed by atoms with Gasteiger partial charge in [0.1, 0.15) is 17.9 Å². The van der Waals surface area contributed by atoms with Gasteiger partial charge in [0.15, 0.2) is 11.6 Å². The number of nitrogens with zero attached hydrogens (tertiary/aromatic N) is 2. The number of pyridine rings is 1. The van der Waals surface area contributed by atoms with Gasteiger partial charge in [-0.25, -0.2) is 13.6 Å². The minimum Gasteiger partial charge on any atom is -0.492 e. The first-order chi connectivity index (χ1) is 13.3. The number of anilines is 1. The second-order valence-corrected chi connectivity index (χ2v) is 7.62. The summed E-state index contributed by atoms with van der Waals surface area (Å²) in [6.07, 6.45) is 3.31. The zero-order chi connectivity index (χ0) is 20.2. The molecule has 0 amide bonds. The average Bonchev–Trinajstić information content (AvgIpc) is 3.43. The maximum atomic E-state index is 15.1. The van der Waals surface area contributed by atoms with E-state index >= 15 is 4.39 Å². The van der Waals surface area contributed by atoms with Crippen molar-refractivity contribution in [1.82, 2.24) is 4.57 Å². The van der Waals surface area contributed by atoms with Crippen molar-refractivity contribution in [2.24, 2.45) is 5.73 Å². The molecular weight excluding hydrogens is 372 g/mol. The molecule has 0 spiro atoms. The van der Waals surface area contributed by atoms with Crippen LogP contribution in [-0.2, 0) is 0 Å². The summed E-state index contributed by atoms with van der Waals surface area (Å²) in [5.74, 6) is -1.95. The van der Waals surface area contributed by atoms with Gasteiger partial charge in [-0.1, -0.05) is 0 Å². The van der Waals surface area contributed by atoms with E-state index in [0.717, 1.165) is 18.9 Å². The van der Waals surface area contributed by atoms with Gasteiger partial charge in [-0.3, -0.25) is 4.79 Å². The molecule has 4 rings (SSSR count). The third-order valence-corrected chi connectivity index (χ3v) is 5.54. The Morgan fingerprint density at radius 2 is 2.18 bits per heavy atom. The van der Waals surface area contributed by atoms with Crippen LogP contribution in [0.5, 0.6) is 5.75 Å². The number of carbonyl (C=O) groups is 1. The monoisotopic (exact) mass is 393 g/mol. The van der Waals surface area contributed by atoms with Crippen molar-refractivity contribution in [3.8, 4) is 5.75 Å². The van der Waals surface area contributed by atoms with Gasteiger partial charge in [0.2, 0.25) is 5.43 Å². The largest absolute Gasteiger partial charge is 0.492 e. The number of benzene rings is 1. The number of methoxy groups -OCH3 is 1. The van der Waals surface area contributed by atoms with Gasteiger partial charge in [0.25, 0.3) is 0 Å². The predicted octanol–water partition coefficient (Wildman–Crippen LogP) is 2.06. The summed E-state index contributed by atoms with van der Waals surface area (Å²) in [7, 11) is 1.37. The van der Waals surface area contributed by atoms with Crippen LogP contribution >= 0.6 is 0 Å². The smallest absolute Gasteiger partial charge is 0.341 e. The number of hydrogen-bond acceptors (Lipinski definition) is 5. The number of carboxylic acid groups (broad SMARTS) is 1. The highest BCUT2D eigenvalue weighted by Crippen LogP contribution is 2.44. The molecule has 9 heteroatoms. The van der Waals surface area contributed by atoms with Crippen molar-refractivity contribution in [3.63, 3.8) is 0 Å². The Bertz CT molecular complexity index is 1030. The number of fused-ring (bicyclic) bond motifs is 1. The summed E-state index contributed by atoms with van der Waals surface area (Å²) < 4.78 is 35.6. The molecule has 2 heterocycles. The zero-order valence-electron chi connectivity index (χ0n) is 15.4. The van der Waals surface area contributed by atoms with Crippen molar-refractivity contribution in [2.75, 3.05) is 31.8 Å². The van der Waals surface area contributed by atoms with E-state index in [2.05, 4.69) is 0 Å². The van der Waals surface area contributed by atoms with Crippen LogP contribution < -0.4 is 20.8 Å². The Morgan fingerprint density at radius 3 is 2.71 bits per heavy atom. The molecule has 2 aliphatic rings. The van der Waals surface area contributed by atoms with Gasteiger partial charge >= 0.3 is 5.97 Å². The fraction of sp³-hybridized carbons (Fsp3) is 0.474. The molecule has 2 aromatic rings. The van der Waals surface area contributed by atoms with E-state index < -0.39 is 35.0 Å². The first kappa shape index (κ1) is 18.7. The summed E-state index contributed by atoms with van der Waals surface area (Å²) in [4.78, 5) is 25.8. The van der Waals surface area contributed by atoms with Crippen LogP contribution in [0.15, 0.2) is 17.1 Å². The molecule has 28 heavy (non-hydrogen) atoms. The third-order valence-electron chi connectivity index (χ3n) is 5.54. The highest BCUT2D eigenvalue weighted by Gasteiger charge is 2.38. The molecule has 150 valence electrons. The van der Waals surface area contributed by atoms with Crippen molar-refractivity contribution in [2.45, 2.75) is 30.8 Å². The van der Waals surface area contributed by atoms with Crippen LogP contribution in [0, 0.1) is 5.82 Å². The number of alkyl halides is 1. The van der Waals surface area contributed by atoms with Crippen molar-refractivity contribution in [1.29, 1.82) is 0 Å². The fourth-order valence-electron chi connectivity index (χ4n) is 3.92. The lowest BCUT2D eigenvalue weighted by Gasteiger charge is -2.26. The number of rotatable bonds is 5. The molecule has 1 atom stereocenters. The molecule has 2 fully saturated rings. The second-order valence-electron chi connectivity index (χ2n) is 7.62. The molecule has 0 bridgehead atoms. The Balaban J connectivity index is 2.00. The molecule has 1 unspecified atom stereocenters. The molecule has 1 aromatic carbocycles. The molecule has 3 N–H and O–H groups in total. The van der Waals surface area contributed by atoms with E-state index in [4.69, 9.17) is 10.5 Å². The highest BCUT2D eigenvalue weighted by molar-refractivity contribution is 5.97. The van der Waals surface area contributed by atoms with E-state index in [1.54, 1.807) is 9.47 Å². The lowest BCUT2D eigenvalue weighted by molar-refractivity contribution is 0.0695. The highest BCUT2D eigenvalue weighted by atomic mass is 19.1. The Labute approximate surface area is 159 Å². The van der Waals surface area contributed by atoms with E-state index in [9.17, 15) is 19.1 Å². The maximum absolute atomic E-state index is 15.1. The van der Waals surface area contributed by atoms with Crippen LogP contribution in [0.4, 0.5) is 14.5 Å². The topological polar surface area (TPSA) is 97.8 Å². The summed E-state index contributed by atoms with van der Waals surface area (Å²) in [5, 5.41) is 9.32. The zero-order valence-corrected chi connectivity index (χ0v) is 15.4. The number of hydrogen-bond donors (Lipinski definition) is 2. The maximum Gasteiger partial charge on any atom is 0.341 e. The van der Waals surface area contributed by atoms with Crippen molar-refractivity contribution in [3.05, 3.63) is 33.9 Å². The standard InChI is InChI=1S/C19H21F2N3O4/c1-28-17-14-11(16(25)12(18(26)27)7-24(14)10-2-3-10)6-13(21)15(17)23-5-4-19(22,8-20)9-23/h6-7,10H,2-5,8-9,22H2,1H3,(H,26,27). The van der Waals surface area contributed by atoms with Gasteiger partial charge in [-0.2, -0.15) is 0 Å². The fourth-order valence-corrected chi connectivity index (χ4v) is 3.92. The summed E-state index contributed by atoms with van der Waals surface area (Å²) in [5.41, 5.74) is 4.25. The van der Waals surface area contributed by atoms with Crippen molar-refractivity contribution < 1.29 is 23.4 Å². The Hall–Kier alpha value is -2.68. The molecule has 1 aromatic heterocycles. The van der Waals surface area contributed by atoms with Gasteiger partial charge in [-0.15, -0.1) is 0 Å². The molecule has 7 nitrogen and oxygen atoms in total. The number of halogens is 2. The minimum atomic E-state index is -1.36. The normalized spacial score (nSPS) is 22.1. The van der Waals surface area contributed by atoms with Crippen molar-refractivity contribution >= 4 is 22.6 Å². The summed E-state index contributed by atoms with van der Waals surface area (Å²) >= 11 is 0. The number of aromatic carboxylic acids is 1. The lowest BCUT2D eigenvalue weighted by Crippen LogP contribution is -2.45. The number of nitrogens with two attached hydrogens (primary N) is 1. The van der Waals surface area contributed by atoms with E-state index in [1.807, 2.05) is 0 Å². The number of aromatic nitrogens is 1. The van der Waals surface area contributed by atoms with E-state index in [0.29, 0.717) is 18.5 Å². The Morgan fingerprint density at radius 1 is 1.46 bits per heavy atom. The molecule has 0 radical (unpaired) electrons. The van der Waals surface area contributed by atoms with E-state index in [1.165, 1.54) is 13.3 Å². The predicted molar refractivity (Wildman–Crippen MR) is 99.7 cm³/mol. The molecule has 1 saturated carbocycles. The van der Waals surface area contributed by atoms with Crippen LogP contribution in [0.1, 0.15) is 35.7 Å². The van der Waals surface area contributed by atoms with Crippen LogP contribution in [0.2, 0.25) is 0 Å². The minimum absolute atomic E-state index is 0.0198. The molecule has 1 saturated heterocycles. The van der Waals surface area contributed by atoms with E-state index in [-0.39, 0.29) is 29.4 Å². The molecular formula is C19H21F2N3O4. The van der Waals surface area contributed by atoms with Gasteiger partial charge in [-0.05, 0) is 25.3 Å². The summed E-state index contributed by atoms with van der Waals surface area (Å²) in [6.45, 7) is -0.265. The Kier molecular flexibility index (Phi) is 4.29. The van der Waals surface area contributed by atoms with Gasteiger partial charge in [0.05, 0.1) is 23.6 Å². The lowest BCUT2D eigenvalue weighted by atomic mass is 10.0. The number of ether oxygens (including phenoxy) is 1. The molecule has 1 aliphatic carbocycles. The summed E-state index contributed by atoms with van der Waals surface area (Å²) in [6, 6.07) is 1.07. The average molecular weight is 393 g/mol. The number of carboxylic acids is 1. The van der Waals surface area contributed by atoms with Crippen LogP contribution in [-0.4, -0.2) is 48.1 Å².